The second-order valence-corrected chi connectivity index (χ2v) is 1.36. The van der Waals surface area contributed by atoms with E-state index in [-0.39, 0.29) is 29.4 Å². The molecule has 1 aliphatic rings. The van der Waals surface area contributed by atoms with E-state index in [0.29, 0.717) is 0 Å². The lowest BCUT2D eigenvalue weighted by Gasteiger charge is -2.10. The molecule has 0 spiro atoms. The van der Waals surface area contributed by atoms with Gasteiger partial charge in [-0.05, 0) is 0 Å². The predicted molar refractivity (Wildman–Crippen MR) is 41.3 cm³/mol. The second-order valence-electron chi connectivity index (χ2n) is 1.36. The van der Waals surface area contributed by atoms with Gasteiger partial charge in [-0.15, -0.1) is 29.4 Å². The van der Waals surface area contributed by atoms with Crippen molar-refractivity contribution in [1.29, 1.82) is 0 Å². The van der Waals surface area contributed by atoms with Gasteiger partial charge in [0.05, 0.1) is 13.2 Å². The Morgan fingerprint density at radius 1 is 1.12 bits per heavy atom. The molecule has 0 bridgehead atoms. The number of hydrogen-bond acceptors (Lipinski definition) is 2. The van der Waals surface area contributed by atoms with Gasteiger partial charge in [0.25, 0.3) is 0 Å². The SMILES string of the molecule is Br.C1COCCN1.Cl. The summed E-state index contributed by atoms with van der Waals surface area (Å²) in [6.45, 7) is 3.83. The minimum absolute atomic E-state index is 0. The van der Waals surface area contributed by atoms with Crippen molar-refractivity contribution in [2.45, 2.75) is 0 Å². The lowest BCUT2D eigenvalue weighted by Crippen LogP contribution is -2.30. The molecule has 0 unspecified atom stereocenters. The van der Waals surface area contributed by atoms with E-state index in [0.717, 1.165) is 26.3 Å². The fourth-order valence-corrected chi connectivity index (χ4v) is 0.516. The second kappa shape index (κ2) is 7.69. The summed E-state index contributed by atoms with van der Waals surface area (Å²) in [4.78, 5) is 0. The van der Waals surface area contributed by atoms with Crippen molar-refractivity contribution in [3.05, 3.63) is 0 Å². The smallest absolute Gasteiger partial charge is 0.0591 e. The molecule has 0 aromatic heterocycles. The van der Waals surface area contributed by atoms with E-state index < -0.39 is 0 Å². The van der Waals surface area contributed by atoms with Gasteiger partial charge in [-0.2, -0.15) is 0 Å². The first-order valence-electron chi connectivity index (χ1n) is 2.28. The Hall–Kier alpha value is 0.690. The topological polar surface area (TPSA) is 21.3 Å². The average Bonchev–Trinajstić information content (AvgIpc) is 1.72. The van der Waals surface area contributed by atoms with Crippen LogP contribution in [0.1, 0.15) is 0 Å². The van der Waals surface area contributed by atoms with Gasteiger partial charge < -0.3 is 10.1 Å². The van der Waals surface area contributed by atoms with Crippen molar-refractivity contribution in [3.8, 4) is 0 Å². The van der Waals surface area contributed by atoms with Crippen LogP contribution in [0.5, 0.6) is 0 Å². The Kier molecular flexibility index (Phi) is 11.0. The van der Waals surface area contributed by atoms with Gasteiger partial charge in [-0.3, -0.25) is 0 Å². The Morgan fingerprint density at radius 2 is 1.62 bits per heavy atom. The van der Waals surface area contributed by atoms with Gasteiger partial charge in [0.1, 0.15) is 0 Å². The molecule has 1 heterocycles. The number of hydrogen-bond donors (Lipinski definition) is 1. The standard InChI is InChI=1S/C4H9NO.BrH.ClH/c1-3-6-4-2-5-1;;/h5H,1-4H2;2*1H. The summed E-state index contributed by atoms with van der Waals surface area (Å²) >= 11 is 0. The fraction of sp³-hybridized carbons (Fsp3) is 1.00. The zero-order valence-corrected chi connectivity index (χ0v) is 7.08. The normalized spacial score (nSPS) is 18.0. The highest BCUT2D eigenvalue weighted by Gasteiger charge is 1.92. The highest BCUT2D eigenvalue weighted by atomic mass is 79.9. The number of rotatable bonds is 0. The number of morpholine rings is 1. The van der Waals surface area contributed by atoms with Gasteiger partial charge in [0, 0.05) is 13.1 Å². The summed E-state index contributed by atoms with van der Waals surface area (Å²) in [5.41, 5.74) is 0. The molecule has 0 aliphatic carbocycles. The molecule has 1 N–H and O–H groups in total. The molecule has 52 valence electrons. The maximum Gasteiger partial charge on any atom is 0.0591 e. The molecular formula is C4H11BrClNO. The van der Waals surface area contributed by atoms with Crippen LogP contribution in [-0.2, 0) is 4.74 Å². The molecule has 0 aromatic rings. The summed E-state index contributed by atoms with van der Waals surface area (Å²) in [7, 11) is 0. The van der Waals surface area contributed by atoms with Crippen molar-refractivity contribution >= 4 is 29.4 Å². The maximum atomic E-state index is 5.01. The summed E-state index contributed by atoms with van der Waals surface area (Å²) in [5, 5.41) is 3.16. The molecular weight excluding hydrogens is 193 g/mol. The van der Waals surface area contributed by atoms with Crippen LogP contribution in [0.15, 0.2) is 0 Å². The van der Waals surface area contributed by atoms with Gasteiger partial charge in [0.2, 0.25) is 0 Å². The number of halogens is 2. The summed E-state index contributed by atoms with van der Waals surface area (Å²) < 4.78 is 5.01. The Balaban J connectivity index is 0. The largest absolute Gasteiger partial charge is 0.379 e. The number of ether oxygens (including phenoxy) is 1. The first kappa shape index (κ1) is 11.5. The van der Waals surface area contributed by atoms with Crippen LogP contribution in [0.2, 0.25) is 0 Å². The molecule has 1 aliphatic heterocycles. The van der Waals surface area contributed by atoms with Gasteiger partial charge in [0.15, 0.2) is 0 Å². The van der Waals surface area contributed by atoms with E-state index in [1.54, 1.807) is 0 Å². The van der Waals surface area contributed by atoms with Crippen LogP contribution in [0.3, 0.4) is 0 Å². The monoisotopic (exact) mass is 203 g/mol. The van der Waals surface area contributed by atoms with Crippen LogP contribution in [0.4, 0.5) is 0 Å². The maximum absolute atomic E-state index is 5.01. The molecule has 0 radical (unpaired) electrons. The Bertz CT molecular complexity index is 31.5. The first-order chi connectivity index (χ1) is 3.00. The van der Waals surface area contributed by atoms with E-state index in [4.69, 9.17) is 4.74 Å². The molecule has 0 aromatic carbocycles. The summed E-state index contributed by atoms with van der Waals surface area (Å²) in [6, 6.07) is 0. The van der Waals surface area contributed by atoms with Crippen molar-refractivity contribution in [3.63, 3.8) is 0 Å². The van der Waals surface area contributed by atoms with Crippen LogP contribution in [-0.4, -0.2) is 26.3 Å². The molecule has 8 heavy (non-hydrogen) atoms. The van der Waals surface area contributed by atoms with E-state index >= 15 is 0 Å². The predicted octanol–water partition coefficient (Wildman–Crippen LogP) is 0.606. The van der Waals surface area contributed by atoms with Crippen molar-refractivity contribution < 1.29 is 4.74 Å². The third-order valence-corrected chi connectivity index (χ3v) is 0.846. The van der Waals surface area contributed by atoms with E-state index in [2.05, 4.69) is 5.32 Å². The third-order valence-electron chi connectivity index (χ3n) is 0.846. The highest BCUT2D eigenvalue weighted by molar-refractivity contribution is 8.93. The van der Waals surface area contributed by atoms with Crippen LogP contribution < -0.4 is 5.32 Å². The van der Waals surface area contributed by atoms with Crippen LogP contribution >= 0.6 is 29.4 Å². The molecule has 4 heteroatoms. The van der Waals surface area contributed by atoms with E-state index in [1.165, 1.54) is 0 Å². The molecule has 1 rings (SSSR count). The van der Waals surface area contributed by atoms with E-state index in [9.17, 15) is 0 Å². The quantitative estimate of drug-likeness (QED) is 0.624. The highest BCUT2D eigenvalue weighted by Crippen LogP contribution is 1.76. The van der Waals surface area contributed by atoms with E-state index in [1.807, 2.05) is 0 Å². The zero-order chi connectivity index (χ0) is 4.24. The molecule has 0 atom stereocenters. The third kappa shape index (κ3) is 4.84. The first-order valence-corrected chi connectivity index (χ1v) is 2.28. The molecule has 1 saturated heterocycles. The van der Waals surface area contributed by atoms with Crippen LogP contribution in [0, 0.1) is 0 Å². The van der Waals surface area contributed by atoms with Gasteiger partial charge in [-0.1, -0.05) is 0 Å². The van der Waals surface area contributed by atoms with Gasteiger partial charge >= 0.3 is 0 Å². The molecule has 0 saturated carbocycles. The minimum atomic E-state index is 0. The zero-order valence-electron chi connectivity index (χ0n) is 4.55. The Labute approximate surface area is 66.2 Å². The summed E-state index contributed by atoms with van der Waals surface area (Å²) in [5.74, 6) is 0. The Morgan fingerprint density at radius 3 is 1.75 bits per heavy atom. The molecule has 2 nitrogen and oxygen atoms in total. The lowest BCUT2D eigenvalue weighted by atomic mass is 10.5. The summed E-state index contributed by atoms with van der Waals surface area (Å²) in [6.07, 6.45) is 0. The fourth-order valence-electron chi connectivity index (χ4n) is 0.516. The van der Waals surface area contributed by atoms with Crippen LogP contribution in [0.25, 0.3) is 0 Å². The minimum Gasteiger partial charge on any atom is -0.379 e. The van der Waals surface area contributed by atoms with Crippen molar-refractivity contribution in [2.75, 3.05) is 26.3 Å². The van der Waals surface area contributed by atoms with Gasteiger partial charge in [-0.25, -0.2) is 0 Å². The van der Waals surface area contributed by atoms with Crippen molar-refractivity contribution in [2.24, 2.45) is 0 Å². The molecule has 1 fully saturated rings. The number of nitrogens with one attached hydrogen (secondary N) is 1. The van der Waals surface area contributed by atoms with Crippen molar-refractivity contribution in [1.82, 2.24) is 5.32 Å². The lowest BCUT2D eigenvalue weighted by molar-refractivity contribution is 0.109. The molecule has 0 amide bonds. The average molecular weight is 204 g/mol.